The summed E-state index contributed by atoms with van der Waals surface area (Å²) in [5, 5.41) is 3.37. The zero-order chi connectivity index (χ0) is 22.0. The van der Waals surface area contributed by atoms with Crippen LogP contribution in [0.5, 0.6) is 0 Å². The minimum atomic E-state index is -0.273. The van der Waals surface area contributed by atoms with E-state index in [-0.39, 0.29) is 11.5 Å². The lowest BCUT2D eigenvalue weighted by molar-refractivity contribution is 0.101. The molecule has 0 aliphatic heterocycles. The number of anilines is 1. The number of carbonyl (C=O) groups is 1. The van der Waals surface area contributed by atoms with E-state index in [0.29, 0.717) is 47.6 Å². The van der Waals surface area contributed by atoms with Crippen molar-refractivity contribution in [2.24, 2.45) is 0 Å². The third-order valence-electron chi connectivity index (χ3n) is 5.47. The maximum atomic E-state index is 13.2. The predicted molar refractivity (Wildman–Crippen MR) is 122 cm³/mol. The maximum Gasteiger partial charge on any atom is 0.272 e. The Kier molecular flexibility index (Phi) is 5.86. The second kappa shape index (κ2) is 8.73. The number of methoxy groups -OCH3 is 1. The average Bonchev–Trinajstić information content (AvgIpc) is 3.14. The van der Waals surface area contributed by atoms with Gasteiger partial charge in [0, 0.05) is 32.1 Å². The number of hydrogen-bond acceptors (Lipinski definition) is 4. The van der Waals surface area contributed by atoms with Crippen LogP contribution in [0.1, 0.15) is 35.0 Å². The van der Waals surface area contributed by atoms with E-state index in [1.54, 1.807) is 19.4 Å². The van der Waals surface area contributed by atoms with E-state index in [2.05, 4.69) is 12.2 Å². The van der Waals surface area contributed by atoms with Crippen LogP contribution in [0.15, 0.2) is 53.5 Å². The van der Waals surface area contributed by atoms with Crippen LogP contribution in [-0.2, 0) is 17.7 Å². The summed E-state index contributed by atoms with van der Waals surface area (Å²) in [6.45, 7) is 5.07. The number of hydrogen-bond donors (Lipinski definition) is 1. The minimum Gasteiger partial charge on any atom is -0.385 e. The van der Waals surface area contributed by atoms with Crippen molar-refractivity contribution >= 4 is 28.3 Å². The molecule has 0 spiro atoms. The predicted octanol–water partition coefficient (Wildman–Crippen LogP) is 3.81. The lowest BCUT2D eigenvalue weighted by Crippen LogP contribution is -2.18. The molecule has 3 heterocycles. The van der Waals surface area contributed by atoms with Crippen molar-refractivity contribution in [3.8, 4) is 0 Å². The number of aromatic nitrogens is 3. The molecule has 0 aliphatic rings. The molecule has 0 bridgehead atoms. The zero-order valence-electron chi connectivity index (χ0n) is 18.0. The Hall–Kier alpha value is -3.45. The Morgan fingerprint density at radius 3 is 2.65 bits per heavy atom. The van der Waals surface area contributed by atoms with Gasteiger partial charge in [-0.05, 0) is 55.2 Å². The Balaban J connectivity index is 1.82. The number of amides is 1. The first kappa shape index (κ1) is 20.8. The molecular weight excluding hydrogens is 392 g/mol. The van der Waals surface area contributed by atoms with Crippen molar-refractivity contribution in [3.05, 3.63) is 75.8 Å². The van der Waals surface area contributed by atoms with Crippen molar-refractivity contribution in [1.82, 2.24) is 14.0 Å². The monoisotopic (exact) mass is 418 g/mol. The summed E-state index contributed by atoms with van der Waals surface area (Å²) < 4.78 is 8.53. The molecule has 0 saturated heterocycles. The van der Waals surface area contributed by atoms with Gasteiger partial charge >= 0.3 is 0 Å². The molecule has 3 aromatic heterocycles. The molecule has 1 N–H and O–H groups in total. The lowest BCUT2D eigenvalue weighted by Gasteiger charge is -2.11. The van der Waals surface area contributed by atoms with E-state index in [1.807, 2.05) is 47.9 Å². The molecule has 1 amide bonds. The van der Waals surface area contributed by atoms with Gasteiger partial charge in [-0.2, -0.15) is 0 Å². The fraction of sp³-hybridized carbons (Fsp3) is 0.292. The first-order valence-corrected chi connectivity index (χ1v) is 10.4. The van der Waals surface area contributed by atoms with Gasteiger partial charge < -0.3 is 14.6 Å². The first-order valence-electron chi connectivity index (χ1n) is 10.4. The summed E-state index contributed by atoms with van der Waals surface area (Å²) in [5.74, 6) is -0.273. The molecule has 7 heteroatoms. The van der Waals surface area contributed by atoms with Crippen LogP contribution in [0.2, 0.25) is 0 Å². The largest absolute Gasteiger partial charge is 0.385 e. The van der Waals surface area contributed by atoms with Crippen LogP contribution in [0.25, 0.3) is 16.7 Å². The van der Waals surface area contributed by atoms with Gasteiger partial charge in [0.05, 0.1) is 5.39 Å². The molecule has 0 radical (unpaired) electrons. The van der Waals surface area contributed by atoms with Crippen LogP contribution in [0, 0.1) is 6.92 Å². The number of rotatable bonds is 7. The topological polar surface area (TPSA) is 77.6 Å². The highest BCUT2D eigenvalue weighted by Gasteiger charge is 2.20. The molecule has 4 rings (SSSR count). The third kappa shape index (κ3) is 3.96. The summed E-state index contributed by atoms with van der Waals surface area (Å²) in [6.07, 6.45) is 3.33. The van der Waals surface area contributed by atoms with Gasteiger partial charge in [0.1, 0.15) is 17.0 Å². The Morgan fingerprint density at radius 1 is 1.16 bits per heavy atom. The van der Waals surface area contributed by atoms with E-state index < -0.39 is 0 Å². The second-order valence-electron chi connectivity index (χ2n) is 7.57. The molecule has 4 aromatic rings. The molecular formula is C24H26N4O3. The van der Waals surface area contributed by atoms with Gasteiger partial charge in [0.2, 0.25) is 0 Å². The molecule has 1 aromatic carbocycles. The average molecular weight is 418 g/mol. The number of pyridine rings is 1. The Bertz CT molecular complexity index is 1300. The fourth-order valence-corrected chi connectivity index (χ4v) is 3.76. The SMILES string of the molecule is CCc1ccc(NC(=O)c2cc3c(=O)n4cccc(C)c4nc3n2CCCOC)cc1. The van der Waals surface area contributed by atoms with Crippen LogP contribution in [0.4, 0.5) is 5.69 Å². The van der Waals surface area contributed by atoms with Gasteiger partial charge in [-0.3, -0.25) is 14.0 Å². The zero-order valence-corrected chi connectivity index (χ0v) is 18.0. The molecule has 31 heavy (non-hydrogen) atoms. The summed E-state index contributed by atoms with van der Waals surface area (Å²) in [4.78, 5) is 31.1. The minimum absolute atomic E-state index is 0.185. The van der Waals surface area contributed by atoms with E-state index in [0.717, 1.165) is 12.0 Å². The number of ether oxygens (including phenoxy) is 1. The summed E-state index contributed by atoms with van der Waals surface area (Å²) >= 11 is 0. The van der Waals surface area contributed by atoms with Gasteiger partial charge in [-0.15, -0.1) is 0 Å². The fourth-order valence-electron chi connectivity index (χ4n) is 3.76. The number of carbonyl (C=O) groups excluding carboxylic acids is 1. The molecule has 0 saturated carbocycles. The first-order chi connectivity index (χ1) is 15.0. The van der Waals surface area contributed by atoms with Gasteiger partial charge in [-0.1, -0.05) is 25.1 Å². The molecule has 7 nitrogen and oxygen atoms in total. The number of aryl methyl sites for hydroxylation is 3. The summed E-state index contributed by atoms with van der Waals surface area (Å²) in [6, 6.07) is 13.1. The number of benzene rings is 1. The van der Waals surface area contributed by atoms with Crippen molar-refractivity contribution in [2.45, 2.75) is 33.2 Å². The highest BCUT2D eigenvalue weighted by atomic mass is 16.5. The van der Waals surface area contributed by atoms with Gasteiger partial charge in [0.15, 0.2) is 0 Å². The summed E-state index contributed by atoms with van der Waals surface area (Å²) in [5.41, 5.74) is 4.13. The standard InChI is InChI=1S/C24H26N4O3/c1-4-17-8-10-18(11-9-17)25-23(29)20-15-19-22(27(20)13-6-14-31-3)26-21-16(2)7-5-12-28(21)24(19)30/h5,7-12,15H,4,6,13-14H2,1-3H3,(H,25,29). The quantitative estimate of drug-likeness (QED) is 0.463. The van der Waals surface area contributed by atoms with E-state index >= 15 is 0 Å². The maximum absolute atomic E-state index is 13.2. The van der Waals surface area contributed by atoms with Crippen LogP contribution in [0.3, 0.4) is 0 Å². The van der Waals surface area contributed by atoms with Crippen LogP contribution in [-0.4, -0.2) is 33.6 Å². The molecule has 160 valence electrons. The highest BCUT2D eigenvalue weighted by molar-refractivity contribution is 6.06. The van der Waals surface area contributed by atoms with E-state index in [9.17, 15) is 9.59 Å². The van der Waals surface area contributed by atoms with Gasteiger partial charge in [0.25, 0.3) is 11.5 Å². The Labute approximate surface area is 180 Å². The molecule has 0 fully saturated rings. The van der Waals surface area contributed by atoms with Crippen molar-refractivity contribution in [3.63, 3.8) is 0 Å². The normalized spacial score (nSPS) is 11.3. The lowest BCUT2D eigenvalue weighted by atomic mass is 10.1. The summed E-state index contributed by atoms with van der Waals surface area (Å²) in [7, 11) is 1.64. The van der Waals surface area contributed by atoms with Crippen molar-refractivity contribution in [1.29, 1.82) is 0 Å². The number of nitrogens with one attached hydrogen (secondary N) is 1. The van der Waals surface area contributed by atoms with Crippen molar-refractivity contribution < 1.29 is 9.53 Å². The van der Waals surface area contributed by atoms with Crippen LogP contribution >= 0.6 is 0 Å². The van der Waals surface area contributed by atoms with Crippen molar-refractivity contribution in [2.75, 3.05) is 19.0 Å². The third-order valence-corrected chi connectivity index (χ3v) is 5.47. The number of nitrogens with zero attached hydrogens (tertiary/aromatic N) is 3. The second-order valence-corrected chi connectivity index (χ2v) is 7.57. The van der Waals surface area contributed by atoms with Crippen LogP contribution < -0.4 is 10.9 Å². The Morgan fingerprint density at radius 2 is 1.94 bits per heavy atom. The van der Waals surface area contributed by atoms with E-state index in [4.69, 9.17) is 9.72 Å². The highest BCUT2D eigenvalue weighted by Crippen LogP contribution is 2.20. The van der Waals surface area contributed by atoms with E-state index in [1.165, 1.54) is 9.96 Å². The number of fused-ring (bicyclic) bond motifs is 2. The smallest absolute Gasteiger partial charge is 0.272 e. The molecule has 0 atom stereocenters. The molecule has 0 aliphatic carbocycles. The molecule has 0 unspecified atom stereocenters. The van der Waals surface area contributed by atoms with Gasteiger partial charge in [-0.25, -0.2) is 4.98 Å².